The molecule has 1 saturated heterocycles. The van der Waals surface area contributed by atoms with Gasteiger partial charge in [0.25, 0.3) is 5.91 Å². The summed E-state index contributed by atoms with van der Waals surface area (Å²) in [4.78, 5) is 24.3. The SMILES string of the molecule is COc1ccc(C(=O)OCC(=O)Nc2cccc(Br)c2)cc1S(=O)(=O)N1CCCC1. The molecule has 0 aromatic heterocycles. The van der Waals surface area contributed by atoms with Gasteiger partial charge in [-0.15, -0.1) is 0 Å². The van der Waals surface area contributed by atoms with Crippen LogP contribution < -0.4 is 10.1 Å². The molecule has 3 rings (SSSR count). The third-order valence-corrected chi connectivity index (χ3v) is 6.94. The van der Waals surface area contributed by atoms with Crippen molar-refractivity contribution in [2.75, 3.05) is 32.1 Å². The lowest BCUT2D eigenvalue weighted by Crippen LogP contribution is -2.28. The first-order valence-electron chi connectivity index (χ1n) is 9.22. The van der Waals surface area contributed by atoms with Crippen molar-refractivity contribution >= 4 is 43.5 Å². The Kier molecular flexibility index (Phi) is 7.11. The van der Waals surface area contributed by atoms with Crippen molar-refractivity contribution < 1.29 is 27.5 Å². The molecule has 1 fully saturated rings. The van der Waals surface area contributed by atoms with Gasteiger partial charge in [-0.05, 0) is 49.2 Å². The van der Waals surface area contributed by atoms with Crippen LogP contribution in [-0.2, 0) is 19.6 Å². The van der Waals surface area contributed by atoms with Gasteiger partial charge >= 0.3 is 5.97 Å². The van der Waals surface area contributed by atoms with Crippen molar-refractivity contribution in [1.82, 2.24) is 4.31 Å². The Balaban J connectivity index is 1.70. The van der Waals surface area contributed by atoms with Crippen molar-refractivity contribution in [3.05, 3.63) is 52.5 Å². The van der Waals surface area contributed by atoms with E-state index in [0.717, 1.165) is 17.3 Å². The van der Waals surface area contributed by atoms with Crippen LogP contribution in [0, 0.1) is 0 Å². The number of sulfonamides is 1. The molecule has 1 aliphatic rings. The number of rotatable bonds is 7. The second-order valence-electron chi connectivity index (χ2n) is 6.61. The molecular weight excluding hydrogens is 476 g/mol. The van der Waals surface area contributed by atoms with Gasteiger partial charge in [0.15, 0.2) is 6.61 Å². The molecule has 0 radical (unpaired) electrons. The first-order valence-corrected chi connectivity index (χ1v) is 11.5. The molecule has 10 heteroatoms. The van der Waals surface area contributed by atoms with Gasteiger partial charge in [-0.1, -0.05) is 22.0 Å². The van der Waals surface area contributed by atoms with E-state index in [1.165, 1.54) is 29.6 Å². The molecule has 0 bridgehead atoms. The number of benzene rings is 2. The van der Waals surface area contributed by atoms with E-state index in [-0.39, 0.29) is 16.2 Å². The highest BCUT2D eigenvalue weighted by Gasteiger charge is 2.31. The van der Waals surface area contributed by atoms with E-state index < -0.39 is 28.5 Å². The van der Waals surface area contributed by atoms with Gasteiger partial charge in [-0.25, -0.2) is 13.2 Å². The van der Waals surface area contributed by atoms with Crippen molar-refractivity contribution in [1.29, 1.82) is 0 Å². The molecule has 0 spiro atoms. The Morgan fingerprint density at radius 2 is 1.87 bits per heavy atom. The number of amides is 1. The molecule has 0 atom stereocenters. The Morgan fingerprint density at radius 1 is 1.13 bits per heavy atom. The van der Waals surface area contributed by atoms with Crippen LogP contribution in [0.1, 0.15) is 23.2 Å². The van der Waals surface area contributed by atoms with E-state index in [2.05, 4.69) is 21.2 Å². The zero-order valence-electron chi connectivity index (χ0n) is 16.3. The Morgan fingerprint density at radius 3 is 2.53 bits per heavy atom. The topological polar surface area (TPSA) is 102 Å². The van der Waals surface area contributed by atoms with Gasteiger partial charge in [0.2, 0.25) is 10.0 Å². The maximum absolute atomic E-state index is 12.9. The monoisotopic (exact) mass is 496 g/mol. The van der Waals surface area contributed by atoms with Crippen molar-refractivity contribution in [2.45, 2.75) is 17.7 Å². The van der Waals surface area contributed by atoms with Crippen LogP contribution >= 0.6 is 15.9 Å². The fourth-order valence-electron chi connectivity index (χ4n) is 3.05. The summed E-state index contributed by atoms with van der Waals surface area (Å²) >= 11 is 3.30. The fraction of sp³-hybridized carbons (Fsp3) is 0.300. The standard InChI is InChI=1S/C20H21BrN2O6S/c1-28-17-8-7-14(11-18(17)30(26,27)23-9-2-3-10-23)20(25)29-13-19(24)22-16-6-4-5-15(21)12-16/h4-8,11-12H,2-3,9-10,13H2,1H3,(H,22,24). The number of anilines is 1. The van der Waals surface area contributed by atoms with Gasteiger partial charge in [0.1, 0.15) is 10.6 Å². The second kappa shape index (κ2) is 9.59. The average molecular weight is 497 g/mol. The van der Waals surface area contributed by atoms with E-state index in [1.54, 1.807) is 18.2 Å². The number of methoxy groups -OCH3 is 1. The number of nitrogens with one attached hydrogen (secondary N) is 1. The van der Waals surface area contributed by atoms with Crippen molar-refractivity contribution in [2.24, 2.45) is 0 Å². The van der Waals surface area contributed by atoms with E-state index in [9.17, 15) is 18.0 Å². The molecule has 0 saturated carbocycles. The zero-order valence-corrected chi connectivity index (χ0v) is 18.7. The summed E-state index contributed by atoms with van der Waals surface area (Å²) in [6, 6.07) is 11.0. The summed E-state index contributed by atoms with van der Waals surface area (Å²) < 4.78 is 38.2. The van der Waals surface area contributed by atoms with Crippen LogP contribution in [0.25, 0.3) is 0 Å². The minimum absolute atomic E-state index is 0.0174. The quantitative estimate of drug-likeness (QED) is 0.591. The second-order valence-corrected chi connectivity index (χ2v) is 9.43. The van der Waals surface area contributed by atoms with Gasteiger partial charge in [0, 0.05) is 23.2 Å². The number of carbonyl (C=O) groups is 2. The lowest BCUT2D eigenvalue weighted by molar-refractivity contribution is -0.119. The Labute approximate surface area is 183 Å². The van der Waals surface area contributed by atoms with E-state index in [4.69, 9.17) is 9.47 Å². The van der Waals surface area contributed by atoms with Gasteiger partial charge in [0.05, 0.1) is 12.7 Å². The molecule has 1 heterocycles. The van der Waals surface area contributed by atoms with Gasteiger partial charge < -0.3 is 14.8 Å². The number of hydrogen-bond acceptors (Lipinski definition) is 6. The molecule has 1 aliphatic heterocycles. The molecule has 1 amide bonds. The molecule has 1 N–H and O–H groups in total. The third-order valence-electron chi connectivity index (χ3n) is 4.52. The first-order chi connectivity index (χ1) is 14.3. The van der Waals surface area contributed by atoms with Crippen molar-refractivity contribution in [3.63, 3.8) is 0 Å². The van der Waals surface area contributed by atoms with Crippen LogP contribution in [0.15, 0.2) is 51.8 Å². The number of hydrogen-bond donors (Lipinski definition) is 1. The number of ether oxygens (including phenoxy) is 2. The molecule has 30 heavy (non-hydrogen) atoms. The van der Waals surface area contributed by atoms with Crippen LogP contribution in [0.4, 0.5) is 5.69 Å². The zero-order chi connectivity index (χ0) is 21.7. The van der Waals surface area contributed by atoms with Gasteiger partial charge in [-0.2, -0.15) is 4.31 Å². The lowest BCUT2D eigenvalue weighted by atomic mass is 10.2. The summed E-state index contributed by atoms with van der Waals surface area (Å²) in [5, 5.41) is 2.61. The van der Waals surface area contributed by atoms with Crippen LogP contribution in [0.2, 0.25) is 0 Å². The molecule has 8 nitrogen and oxygen atoms in total. The smallest absolute Gasteiger partial charge is 0.338 e. The minimum atomic E-state index is -3.80. The van der Waals surface area contributed by atoms with Crippen LogP contribution in [0.3, 0.4) is 0 Å². The normalized spacial score (nSPS) is 14.3. The molecule has 2 aromatic rings. The highest BCUT2D eigenvalue weighted by Crippen LogP contribution is 2.30. The molecule has 2 aromatic carbocycles. The number of nitrogens with zero attached hydrogens (tertiary/aromatic N) is 1. The minimum Gasteiger partial charge on any atom is -0.495 e. The summed E-state index contributed by atoms with van der Waals surface area (Å²) in [5.74, 6) is -1.18. The Hall–Kier alpha value is -2.43. The number of esters is 1. The maximum atomic E-state index is 12.9. The first kappa shape index (κ1) is 22.3. The van der Waals surface area contributed by atoms with Crippen molar-refractivity contribution in [3.8, 4) is 5.75 Å². The summed E-state index contributed by atoms with van der Waals surface area (Å²) in [6.07, 6.45) is 1.58. The summed E-state index contributed by atoms with van der Waals surface area (Å²) in [7, 11) is -2.43. The molecule has 0 aliphatic carbocycles. The fourth-order valence-corrected chi connectivity index (χ4v) is 5.15. The average Bonchev–Trinajstić information content (AvgIpc) is 3.27. The van der Waals surface area contributed by atoms with E-state index >= 15 is 0 Å². The summed E-state index contributed by atoms with van der Waals surface area (Å²) in [5.41, 5.74) is 0.567. The van der Waals surface area contributed by atoms with Gasteiger partial charge in [-0.3, -0.25) is 4.79 Å². The number of carbonyl (C=O) groups excluding carboxylic acids is 2. The highest BCUT2D eigenvalue weighted by atomic mass is 79.9. The highest BCUT2D eigenvalue weighted by molar-refractivity contribution is 9.10. The van der Waals surface area contributed by atoms with Crippen LogP contribution in [-0.4, -0.2) is 51.4 Å². The van der Waals surface area contributed by atoms with E-state index in [1.807, 2.05) is 6.07 Å². The Bertz CT molecular complexity index is 1050. The maximum Gasteiger partial charge on any atom is 0.338 e. The summed E-state index contributed by atoms with van der Waals surface area (Å²) in [6.45, 7) is 0.345. The lowest BCUT2D eigenvalue weighted by Gasteiger charge is -2.18. The number of halogens is 1. The predicted molar refractivity (Wildman–Crippen MR) is 114 cm³/mol. The third kappa shape index (κ3) is 5.18. The van der Waals surface area contributed by atoms with Crippen LogP contribution in [0.5, 0.6) is 5.75 Å². The predicted octanol–water partition coefficient (Wildman–Crippen LogP) is 3.04. The molecule has 0 unspecified atom stereocenters. The largest absolute Gasteiger partial charge is 0.495 e. The molecule has 160 valence electrons. The van der Waals surface area contributed by atoms with E-state index in [0.29, 0.717) is 18.8 Å². The molecular formula is C20H21BrN2O6S.